The minimum atomic E-state index is -0.258. The first-order chi connectivity index (χ1) is 10.1. The summed E-state index contributed by atoms with van der Waals surface area (Å²) in [6, 6.07) is 6.95. The number of rotatable bonds is 6. The third-order valence-corrected chi connectivity index (χ3v) is 4.25. The largest absolute Gasteiger partial charge is 0.346 e. The number of thiophene rings is 1. The van der Waals surface area contributed by atoms with Gasteiger partial charge in [0.25, 0.3) is 11.5 Å². The Hall–Kier alpha value is -1.95. The van der Waals surface area contributed by atoms with Gasteiger partial charge in [-0.05, 0) is 31.0 Å². The van der Waals surface area contributed by atoms with Gasteiger partial charge >= 0.3 is 0 Å². The van der Waals surface area contributed by atoms with E-state index < -0.39 is 0 Å². The predicted molar refractivity (Wildman–Crippen MR) is 83.7 cm³/mol. The zero-order valence-corrected chi connectivity index (χ0v) is 13.1. The van der Waals surface area contributed by atoms with E-state index in [0.29, 0.717) is 13.1 Å². The highest BCUT2D eigenvalue weighted by atomic mass is 32.1. The van der Waals surface area contributed by atoms with Crippen molar-refractivity contribution in [2.45, 2.75) is 39.8 Å². The molecule has 0 aliphatic rings. The van der Waals surface area contributed by atoms with Gasteiger partial charge in [-0.3, -0.25) is 9.59 Å². The Balaban J connectivity index is 2.02. The average Bonchev–Trinajstić information content (AvgIpc) is 2.95. The van der Waals surface area contributed by atoms with Crippen molar-refractivity contribution in [3.05, 3.63) is 50.1 Å². The molecule has 0 spiro atoms. The molecular weight excluding hydrogens is 286 g/mol. The Kier molecular flexibility index (Phi) is 5.27. The maximum absolute atomic E-state index is 12.1. The lowest BCUT2D eigenvalue weighted by Crippen LogP contribution is -2.29. The number of hydrogen-bond donors (Lipinski definition) is 1. The maximum atomic E-state index is 12.1. The molecule has 112 valence electrons. The lowest BCUT2D eigenvalue weighted by molar-refractivity contribution is 0.0943. The molecular formula is C15H19N3O2S. The van der Waals surface area contributed by atoms with Crippen LogP contribution in [0.25, 0.3) is 0 Å². The van der Waals surface area contributed by atoms with E-state index in [4.69, 9.17) is 0 Å². The van der Waals surface area contributed by atoms with Crippen LogP contribution < -0.4 is 10.9 Å². The van der Waals surface area contributed by atoms with Gasteiger partial charge in [0.05, 0.1) is 6.54 Å². The minimum Gasteiger partial charge on any atom is -0.346 e. The number of nitrogens with zero attached hydrogens (tertiary/aromatic N) is 2. The molecule has 21 heavy (non-hydrogen) atoms. The molecule has 0 fully saturated rings. The third-order valence-electron chi connectivity index (χ3n) is 3.02. The fourth-order valence-electron chi connectivity index (χ4n) is 1.91. The fraction of sp³-hybridized carbons (Fsp3) is 0.400. The van der Waals surface area contributed by atoms with Crippen molar-refractivity contribution in [3.8, 4) is 0 Å². The van der Waals surface area contributed by atoms with Crippen molar-refractivity contribution >= 4 is 17.2 Å². The van der Waals surface area contributed by atoms with Crippen molar-refractivity contribution in [1.29, 1.82) is 0 Å². The van der Waals surface area contributed by atoms with Crippen LogP contribution in [0.1, 0.15) is 40.5 Å². The number of nitrogens with one attached hydrogen (secondary N) is 1. The molecule has 5 nitrogen and oxygen atoms in total. The van der Waals surface area contributed by atoms with E-state index in [0.717, 1.165) is 17.7 Å². The highest BCUT2D eigenvalue weighted by Crippen LogP contribution is 2.16. The van der Waals surface area contributed by atoms with Gasteiger partial charge in [0.2, 0.25) is 0 Å². The van der Waals surface area contributed by atoms with Crippen LogP contribution in [0.2, 0.25) is 0 Å². The summed E-state index contributed by atoms with van der Waals surface area (Å²) in [5, 5.41) is 6.93. The van der Waals surface area contributed by atoms with Gasteiger partial charge in [0, 0.05) is 22.4 Å². The summed E-state index contributed by atoms with van der Waals surface area (Å²) in [5.41, 5.74) is 0.0922. The summed E-state index contributed by atoms with van der Waals surface area (Å²) >= 11 is 1.69. The molecule has 0 radical (unpaired) electrons. The second kappa shape index (κ2) is 7.17. The summed E-state index contributed by atoms with van der Waals surface area (Å²) in [5.74, 6) is -0.258. The molecule has 0 aromatic carbocycles. The van der Waals surface area contributed by atoms with Crippen molar-refractivity contribution in [2.24, 2.45) is 0 Å². The van der Waals surface area contributed by atoms with Gasteiger partial charge in [0.1, 0.15) is 5.69 Å². The Morgan fingerprint density at radius 3 is 2.67 bits per heavy atom. The Bertz CT molecular complexity index is 676. The fourth-order valence-corrected chi connectivity index (χ4v) is 2.80. The standard InChI is InChI=1S/C15H19N3O2S/c1-3-9-18-14(19)8-7-13(17-18)15(20)16-10-12-6-5-11(4-2)21-12/h5-8H,3-4,9-10H2,1-2H3,(H,16,20). The Morgan fingerprint density at radius 2 is 2.00 bits per heavy atom. The number of aromatic nitrogens is 2. The van der Waals surface area contributed by atoms with Crippen LogP contribution in [0.3, 0.4) is 0 Å². The quantitative estimate of drug-likeness (QED) is 0.890. The zero-order chi connectivity index (χ0) is 15.2. The van der Waals surface area contributed by atoms with Crippen molar-refractivity contribution in [1.82, 2.24) is 15.1 Å². The van der Waals surface area contributed by atoms with E-state index in [9.17, 15) is 9.59 Å². The van der Waals surface area contributed by atoms with Crippen molar-refractivity contribution in [2.75, 3.05) is 0 Å². The van der Waals surface area contributed by atoms with Gasteiger partial charge in [-0.15, -0.1) is 11.3 Å². The number of amides is 1. The van der Waals surface area contributed by atoms with Gasteiger partial charge < -0.3 is 5.32 Å². The van der Waals surface area contributed by atoms with Crippen molar-refractivity contribution in [3.63, 3.8) is 0 Å². The van der Waals surface area contributed by atoms with Crippen LogP contribution in [0, 0.1) is 0 Å². The van der Waals surface area contributed by atoms with Crippen molar-refractivity contribution < 1.29 is 4.79 Å². The van der Waals surface area contributed by atoms with Crippen LogP contribution in [0.5, 0.6) is 0 Å². The summed E-state index contributed by atoms with van der Waals surface area (Å²) in [6.07, 6.45) is 1.80. The molecule has 2 aromatic rings. The first-order valence-electron chi connectivity index (χ1n) is 7.08. The van der Waals surface area contributed by atoms with E-state index in [1.165, 1.54) is 21.7 Å². The van der Waals surface area contributed by atoms with Gasteiger partial charge in [-0.1, -0.05) is 13.8 Å². The van der Waals surface area contributed by atoms with Crippen LogP contribution in [0.4, 0.5) is 0 Å². The minimum absolute atomic E-state index is 0.181. The predicted octanol–water partition coefficient (Wildman–Crippen LogP) is 2.21. The lowest BCUT2D eigenvalue weighted by Gasteiger charge is -2.06. The molecule has 6 heteroatoms. The van der Waals surface area contributed by atoms with E-state index >= 15 is 0 Å². The summed E-state index contributed by atoms with van der Waals surface area (Å²) in [7, 11) is 0. The van der Waals surface area contributed by atoms with E-state index in [1.807, 2.05) is 13.0 Å². The second-order valence-electron chi connectivity index (χ2n) is 4.68. The summed E-state index contributed by atoms with van der Waals surface area (Å²) < 4.78 is 1.33. The number of carbonyl (C=O) groups is 1. The molecule has 0 saturated heterocycles. The van der Waals surface area contributed by atoms with Gasteiger partial charge in [-0.2, -0.15) is 5.10 Å². The maximum Gasteiger partial charge on any atom is 0.272 e. The monoisotopic (exact) mass is 305 g/mol. The molecule has 0 bridgehead atoms. The SMILES string of the molecule is CCCn1nc(C(=O)NCc2ccc(CC)s2)ccc1=O. The molecule has 0 aliphatic heterocycles. The smallest absolute Gasteiger partial charge is 0.272 e. The average molecular weight is 305 g/mol. The Labute approximate surface area is 127 Å². The highest BCUT2D eigenvalue weighted by Gasteiger charge is 2.09. The first kappa shape index (κ1) is 15.4. The molecule has 2 aromatic heterocycles. The molecule has 0 atom stereocenters. The zero-order valence-electron chi connectivity index (χ0n) is 12.3. The topological polar surface area (TPSA) is 64.0 Å². The van der Waals surface area contributed by atoms with Crippen LogP contribution in [-0.2, 0) is 19.5 Å². The van der Waals surface area contributed by atoms with Crippen LogP contribution in [0.15, 0.2) is 29.1 Å². The number of hydrogen-bond acceptors (Lipinski definition) is 4. The molecule has 1 N–H and O–H groups in total. The second-order valence-corrected chi connectivity index (χ2v) is 5.94. The highest BCUT2D eigenvalue weighted by molar-refractivity contribution is 7.11. The normalized spacial score (nSPS) is 10.6. The third kappa shape index (κ3) is 4.01. The molecule has 1 amide bonds. The van der Waals surface area contributed by atoms with Crippen LogP contribution in [-0.4, -0.2) is 15.7 Å². The molecule has 2 heterocycles. The molecule has 0 aliphatic carbocycles. The number of carbonyl (C=O) groups excluding carboxylic acids is 1. The van der Waals surface area contributed by atoms with Crippen LogP contribution >= 0.6 is 11.3 Å². The molecule has 0 unspecified atom stereocenters. The van der Waals surface area contributed by atoms with E-state index in [2.05, 4.69) is 23.4 Å². The lowest BCUT2D eigenvalue weighted by atomic mass is 10.3. The first-order valence-corrected chi connectivity index (χ1v) is 7.89. The summed E-state index contributed by atoms with van der Waals surface area (Å²) in [4.78, 5) is 26.1. The molecule has 2 rings (SSSR count). The molecule has 0 saturated carbocycles. The van der Waals surface area contributed by atoms with E-state index in [-0.39, 0.29) is 17.2 Å². The van der Waals surface area contributed by atoms with Gasteiger partial charge in [-0.25, -0.2) is 4.68 Å². The summed E-state index contributed by atoms with van der Waals surface area (Å²) in [6.45, 7) is 5.07. The Morgan fingerprint density at radius 1 is 1.24 bits per heavy atom. The number of aryl methyl sites for hydroxylation is 2. The van der Waals surface area contributed by atoms with E-state index in [1.54, 1.807) is 11.3 Å². The van der Waals surface area contributed by atoms with Gasteiger partial charge in [0.15, 0.2) is 0 Å².